The first-order chi connectivity index (χ1) is 15.6. The minimum atomic E-state index is 0.227. The molecule has 4 heterocycles. The minimum Gasteiger partial charge on any atom is -0.508 e. The Morgan fingerprint density at radius 2 is 1.81 bits per heavy atom. The molecule has 8 heteroatoms. The van der Waals surface area contributed by atoms with E-state index in [0.717, 1.165) is 67.4 Å². The molecule has 2 aliphatic heterocycles. The third-order valence-corrected chi connectivity index (χ3v) is 7.44. The van der Waals surface area contributed by atoms with Crippen LogP contribution in [-0.4, -0.2) is 83.4 Å². The Hall–Kier alpha value is -2.26. The summed E-state index contributed by atoms with van der Waals surface area (Å²) in [4.78, 5) is 18.6. The molecule has 0 aliphatic carbocycles. The number of thiophene rings is 1. The van der Waals surface area contributed by atoms with Crippen molar-refractivity contribution in [1.29, 1.82) is 0 Å². The molecule has 1 N–H and O–H groups in total. The lowest BCUT2D eigenvalue weighted by Gasteiger charge is -2.36. The van der Waals surface area contributed by atoms with Gasteiger partial charge in [0.2, 0.25) is 0 Å². The van der Waals surface area contributed by atoms with Gasteiger partial charge in [0.25, 0.3) is 0 Å². The molecule has 5 rings (SSSR count). The summed E-state index contributed by atoms with van der Waals surface area (Å²) in [5.41, 5.74) is 1.82. The van der Waals surface area contributed by atoms with E-state index in [4.69, 9.17) is 14.7 Å². The van der Waals surface area contributed by atoms with Crippen LogP contribution in [-0.2, 0) is 11.3 Å². The number of phenols is 1. The van der Waals surface area contributed by atoms with E-state index in [1.165, 1.54) is 4.88 Å². The summed E-state index contributed by atoms with van der Waals surface area (Å²) in [6, 6.07) is 10.0. The van der Waals surface area contributed by atoms with E-state index in [0.29, 0.717) is 25.1 Å². The molecule has 32 heavy (non-hydrogen) atoms. The first kappa shape index (κ1) is 21.6. The number of hydrogen-bond acceptors (Lipinski definition) is 8. The summed E-state index contributed by atoms with van der Waals surface area (Å²) < 4.78 is 6.71. The molecule has 2 saturated heterocycles. The lowest BCUT2D eigenvalue weighted by atomic mass is 10.2. The van der Waals surface area contributed by atoms with Crippen LogP contribution in [0, 0.1) is 0 Å². The Labute approximate surface area is 193 Å². The van der Waals surface area contributed by atoms with Gasteiger partial charge < -0.3 is 14.7 Å². The number of anilines is 1. The maximum atomic E-state index is 9.96. The van der Waals surface area contributed by atoms with Crippen molar-refractivity contribution in [1.82, 2.24) is 19.8 Å². The van der Waals surface area contributed by atoms with Crippen molar-refractivity contribution in [2.45, 2.75) is 26.4 Å². The predicted molar refractivity (Wildman–Crippen MR) is 130 cm³/mol. The van der Waals surface area contributed by atoms with Gasteiger partial charge >= 0.3 is 0 Å². The molecule has 170 valence electrons. The van der Waals surface area contributed by atoms with Gasteiger partial charge in [0.1, 0.15) is 5.75 Å². The zero-order valence-corrected chi connectivity index (χ0v) is 19.6. The highest BCUT2D eigenvalue weighted by Gasteiger charge is 2.23. The second-order valence-electron chi connectivity index (χ2n) is 8.85. The summed E-state index contributed by atoms with van der Waals surface area (Å²) in [5, 5.41) is 9.96. The number of aromatic hydroxyl groups is 1. The van der Waals surface area contributed by atoms with E-state index in [9.17, 15) is 5.11 Å². The zero-order valence-electron chi connectivity index (χ0n) is 18.8. The van der Waals surface area contributed by atoms with Gasteiger partial charge in [-0.05, 0) is 32.0 Å². The first-order valence-corrected chi connectivity index (χ1v) is 12.3. The molecule has 0 radical (unpaired) electrons. The molecule has 2 fully saturated rings. The maximum Gasteiger partial charge on any atom is 0.162 e. The van der Waals surface area contributed by atoms with Crippen LogP contribution in [0.15, 0.2) is 30.3 Å². The number of fused-ring (bicyclic) bond motifs is 1. The largest absolute Gasteiger partial charge is 0.508 e. The number of benzene rings is 1. The molecule has 2 aliphatic rings. The molecule has 0 unspecified atom stereocenters. The van der Waals surface area contributed by atoms with E-state index in [-0.39, 0.29) is 5.75 Å². The van der Waals surface area contributed by atoms with Crippen LogP contribution in [0.25, 0.3) is 21.6 Å². The average Bonchev–Trinajstić information content (AvgIpc) is 3.21. The summed E-state index contributed by atoms with van der Waals surface area (Å²) >= 11 is 1.81. The molecule has 2 aromatic heterocycles. The number of phenolic OH excluding ortho intramolecular Hbond substituents is 1. The number of hydrogen-bond donors (Lipinski definition) is 1. The fourth-order valence-electron chi connectivity index (χ4n) is 4.46. The third kappa shape index (κ3) is 4.59. The van der Waals surface area contributed by atoms with Crippen molar-refractivity contribution in [3.63, 3.8) is 0 Å². The topological polar surface area (TPSA) is 65.0 Å². The molecule has 0 spiro atoms. The highest BCUT2D eigenvalue weighted by atomic mass is 32.1. The summed E-state index contributed by atoms with van der Waals surface area (Å²) in [7, 11) is 0. The lowest BCUT2D eigenvalue weighted by molar-refractivity contribution is 0.105. The van der Waals surface area contributed by atoms with Crippen molar-refractivity contribution in [3.05, 3.63) is 35.2 Å². The van der Waals surface area contributed by atoms with Crippen LogP contribution in [0.5, 0.6) is 5.75 Å². The van der Waals surface area contributed by atoms with Crippen molar-refractivity contribution in [2.75, 3.05) is 57.4 Å². The molecule has 7 nitrogen and oxygen atoms in total. The van der Waals surface area contributed by atoms with Crippen molar-refractivity contribution in [2.24, 2.45) is 0 Å². The van der Waals surface area contributed by atoms with Gasteiger partial charge in [-0.2, -0.15) is 0 Å². The highest BCUT2D eigenvalue weighted by molar-refractivity contribution is 7.19. The number of rotatable bonds is 5. The lowest BCUT2D eigenvalue weighted by Crippen LogP contribution is -2.48. The minimum absolute atomic E-state index is 0.227. The van der Waals surface area contributed by atoms with Gasteiger partial charge in [-0.3, -0.25) is 9.80 Å². The molecule has 0 bridgehead atoms. The van der Waals surface area contributed by atoms with Gasteiger partial charge in [-0.1, -0.05) is 12.1 Å². The van der Waals surface area contributed by atoms with Crippen LogP contribution >= 0.6 is 11.3 Å². The number of nitrogens with zero attached hydrogens (tertiary/aromatic N) is 5. The van der Waals surface area contributed by atoms with Crippen LogP contribution < -0.4 is 4.90 Å². The Bertz CT molecular complexity index is 1070. The molecule has 3 aromatic rings. The van der Waals surface area contributed by atoms with E-state index < -0.39 is 0 Å². The van der Waals surface area contributed by atoms with Gasteiger partial charge in [0, 0.05) is 62.3 Å². The number of morpholine rings is 1. The fraction of sp³-hybridized carbons (Fsp3) is 0.500. The van der Waals surface area contributed by atoms with Gasteiger partial charge in [0.05, 0.1) is 23.4 Å². The Kier molecular flexibility index (Phi) is 6.28. The van der Waals surface area contributed by atoms with Crippen molar-refractivity contribution >= 4 is 27.4 Å². The molecule has 1 aromatic carbocycles. The Morgan fingerprint density at radius 1 is 1.03 bits per heavy atom. The van der Waals surface area contributed by atoms with Crippen LogP contribution in [0.2, 0.25) is 0 Å². The van der Waals surface area contributed by atoms with Gasteiger partial charge in [-0.25, -0.2) is 9.97 Å². The SMILES string of the molecule is CC(C)N1CCN(Cc2cc3nc(-c4cccc(O)c4)nc(N4CCOCC4)c3s2)CC1. The average molecular weight is 454 g/mol. The highest BCUT2D eigenvalue weighted by Crippen LogP contribution is 2.35. The predicted octanol–water partition coefficient (Wildman–Crippen LogP) is 3.43. The standard InChI is InChI=1S/C24H31N5O2S/c1-17(2)28-8-6-27(7-9-28)16-20-15-21-22(32-20)24(29-10-12-31-13-11-29)26-23(25-21)18-4-3-5-19(30)14-18/h3-5,14-15,17,30H,6-13,16H2,1-2H3. The fourth-order valence-corrected chi connectivity index (χ4v) is 5.62. The van der Waals surface area contributed by atoms with E-state index in [1.54, 1.807) is 12.1 Å². The molecule has 0 atom stereocenters. The molecule has 0 amide bonds. The Morgan fingerprint density at radius 3 is 2.53 bits per heavy atom. The number of piperazine rings is 1. The zero-order chi connectivity index (χ0) is 22.1. The van der Waals surface area contributed by atoms with Crippen molar-refractivity contribution < 1.29 is 9.84 Å². The second kappa shape index (κ2) is 9.31. The smallest absolute Gasteiger partial charge is 0.162 e. The normalized spacial score (nSPS) is 18.7. The van der Waals surface area contributed by atoms with Crippen LogP contribution in [0.4, 0.5) is 5.82 Å². The van der Waals surface area contributed by atoms with E-state index >= 15 is 0 Å². The van der Waals surface area contributed by atoms with Crippen LogP contribution in [0.3, 0.4) is 0 Å². The summed E-state index contributed by atoms with van der Waals surface area (Å²) in [6.45, 7) is 13.0. The van der Waals surface area contributed by atoms with Crippen molar-refractivity contribution in [3.8, 4) is 17.1 Å². The molecule has 0 saturated carbocycles. The van der Waals surface area contributed by atoms with E-state index in [1.807, 2.05) is 23.5 Å². The van der Waals surface area contributed by atoms with Gasteiger partial charge in [0.15, 0.2) is 11.6 Å². The first-order valence-electron chi connectivity index (χ1n) is 11.5. The summed E-state index contributed by atoms with van der Waals surface area (Å²) in [5.74, 6) is 1.87. The van der Waals surface area contributed by atoms with Crippen LogP contribution in [0.1, 0.15) is 18.7 Å². The third-order valence-electron chi connectivity index (χ3n) is 6.34. The second-order valence-corrected chi connectivity index (χ2v) is 9.99. The van der Waals surface area contributed by atoms with Gasteiger partial charge in [-0.15, -0.1) is 11.3 Å². The number of aromatic nitrogens is 2. The molecular formula is C24H31N5O2S. The Balaban J connectivity index is 1.46. The molecular weight excluding hydrogens is 422 g/mol. The monoisotopic (exact) mass is 453 g/mol. The van der Waals surface area contributed by atoms with E-state index in [2.05, 4.69) is 34.6 Å². The summed E-state index contributed by atoms with van der Waals surface area (Å²) in [6.07, 6.45) is 0. The number of ether oxygens (including phenoxy) is 1. The maximum absolute atomic E-state index is 9.96. The quantitative estimate of drug-likeness (QED) is 0.635.